The Morgan fingerprint density at radius 1 is 1.41 bits per heavy atom. The maximum atomic E-state index is 10.8. The summed E-state index contributed by atoms with van der Waals surface area (Å²) in [5, 5.41) is 5.83. The normalized spacial score (nSPS) is 13.4. The smallest absolute Gasteiger partial charge is 0.209 e. The van der Waals surface area contributed by atoms with Crippen LogP contribution in [-0.2, 0) is 10.0 Å². The summed E-state index contributed by atoms with van der Waals surface area (Å²) in [5.41, 5.74) is 0. The Kier molecular flexibility index (Phi) is 5.06. The minimum atomic E-state index is -3.48. The van der Waals surface area contributed by atoms with E-state index in [-0.39, 0.29) is 18.3 Å². The molecule has 0 aliphatic carbocycles. The van der Waals surface area contributed by atoms with Gasteiger partial charge in [-0.25, -0.2) is 13.6 Å². The lowest BCUT2D eigenvalue weighted by Gasteiger charge is -2.12. The van der Waals surface area contributed by atoms with Gasteiger partial charge in [0.15, 0.2) is 0 Å². The average molecular weight is 298 g/mol. The maximum Gasteiger partial charge on any atom is 0.209 e. The van der Waals surface area contributed by atoms with Crippen molar-refractivity contribution in [3.05, 3.63) is 28.2 Å². The molecule has 0 aliphatic heterocycles. The van der Waals surface area contributed by atoms with Crippen molar-refractivity contribution in [3.63, 3.8) is 0 Å². The van der Waals surface area contributed by atoms with Crippen LogP contribution in [0.1, 0.15) is 6.92 Å². The third-order valence-corrected chi connectivity index (χ3v) is 3.50. The molecular formula is C10H13Cl2NO3S. The quantitative estimate of drug-likeness (QED) is 0.906. The van der Waals surface area contributed by atoms with Gasteiger partial charge in [-0.1, -0.05) is 30.1 Å². The number of nitrogens with two attached hydrogens (primary N) is 1. The molecule has 1 atom stereocenters. The van der Waals surface area contributed by atoms with Crippen molar-refractivity contribution in [2.75, 3.05) is 12.4 Å². The van der Waals surface area contributed by atoms with Crippen LogP contribution in [0.5, 0.6) is 5.75 Å². The van der Waals surface area contributed by atoms with E-state index in [1.807, 2.05) is 0 Å². The topological polar surface area (TPSA) is 69.4 Å². The van der Waals surface area contributed by atoms with Gasteiger partial charge in [0, 0.05) is 10.9 Å². The monoisotopic (exact) mass is 297 g/mol. The maximum absolute atomic E-state index is 10.8. The van der Waals surface area contributed by atoms with E-state index >= 15 is 0 Å². The zero-order chi connectivity index (χ0) is 13.1. The van der Waals surface area contributed by atoms with Crippen LogP contribution in [0.25, 0.3) is 0 Å². The molecule has 1 unspecified atom stereocenters. The average Bonchev–Trinajstić information content (AvgIpc) is 2.13. The second-order valence-electron chi connectivity index (χ2n) is 3.82. The van der Waals surface area contributed by atoms with E-state index < -0.39 is 10.0 Å². The summed E-state index contributed by atoms with van der Waals surface area (Å²) in [6.45, 7) is 1.95. The minimum absolute atomic E-state index is 0.127. The summed E-state index contributed by atoms with van der Waals surface area (Å²) in [6.07, 6.45) is 0. The van der Waals surface area contributed by atoms with Gasteiger partial charge >= 0.3 is 0 Å². The highest BCUT2D eigenvalue weighted by atomic mass is 35.5. The number of rotatable bonds is 5. The first-order valence-electron chi connectivity index (χ1n) is 4.86. The second-order valence-corrected chi connectivity index (χ2v) is 6.32. The Morgan fingerprint density at radius 3 is 2.59 bits per heavy atom. The molecule has 0 aliphatic rings. The number of sulfonamides is 1. The summed E-state index contributed by atoms with van der Waals surface area (Å²) >= 11 is 11.6. The van der Waals surface area contributed by atoms with E-state index in [0.717, 1.165) is 0 Å². The highest BCUT2D eigenvalue weighted by Crippen LogP contribution is 2.27. The van der Waals surface area contributed by atoms with Crippen LogP contribution in [0.15, 0.2) is 18.2 Å². The summed E-state index contributed by atoms with van der Waals surface area (Å²) in [4.78, 5) is 0. The molecular weight excluding hydrogens is 285 g/mol. The van der Waals surface area contributed by atoms with Crippen LogP contribution in [0.4, 0.5) is 0 Å². The molecule has 0 saturated heterocycles. The molecule has 0 amide bonds. The molecule has 17 heavy (non-hydrogen) atoms. The Morgan fingerprint density at radius 2 is 2.06 bits per heavy atom. The zero-order valence-electron chi connectivity index (χ0n) is 9.19. The molecule has 0 saturated carbocycles. The molecule has 4 nitrogen and oxygen atoms in total. The molecule has 1 rings (SSSR count). The lowest BCUT2D eigenvalue weighted by atomic mass is 10.2. The van der Waals surface area contributed by atoms with Gasteiger partial charge in [0.25, 0.3) is 0 Å². The fraction of sp³-hybridized carbons (Fsp3) is 0.400. The number of benzene rings is 1. The van der Waals surface area contributed by atoms with Gasteiger partial charge in [0.2, 0.25) is 10.0 Å². The summed E-state index contributed by atoms with van der Waals surface area (Å²) < 4.78 is 27.1. The van der Waals surface area contributed by atoms with Crippen LogP contribution in [0.3, 0.4) is 0 Å². The van der Waals surface area contributed by atoms with Crippen LogP contribution in [-0.4, -0.2) is 20.8 Å². The van der Waals surface area contributed by atoms with Crippen molar-refractivity contribution in [2.24, 2.45) is 11.1 Å². The van der Waals surface area contributed by atoms with Gasteiger partial charge in [-0.3, -0.25) is 0 Å². The molecule has 0 spiro atoms. The number of halogens is 2. The van der Waals surface area contributed by atoms with Crippen molar-refractivity contribution in [1.82, 2.24) is 0 Å². The molecule has 0 radical (unpaired) electrons. The lowest BCUT2D eigenvalue weighted by molar-refractivity contribution is 0.272. The van der Waals surface area contributed by atoms with Crippen molar-refractivity contribution < 1.29 is 13.2 Å². The standard InChI is InChI=1S/C10H13Cl2NO3S/c1-7(6-17(13,14)15)5-16-10-3-2-8(11)4-9(10)12/h2-4,7H,5-6H2,1H3,(H2,13,14,15). The van der Waals surface area contributed by atoms with Crippen LogP contribution >= 0.6 is 23.2 Å². The van der Waals surface area contributed by atoms with E-state index in [4.69, 9.17) is 33.1 Å². The largest absolute Gasteiger partial charge is 0.492 e. The van der Waals surface area contributed by atoms with Gasteiger partial charge in [-0.2, -0.15) is 0 Å². The number of hydrogen-bond donors (Lipinski definition) is 1. The van der Waals surface area contributed by atoms with Crippen LogP contribution < -0.4 is 9.88 Å². The lowest BCUT2D eigenvalue weighted by Crippen LogP contribution is -2.25. The highest BCUT2D eigenvalue weighted by molar-refractivity contribution is 7.89. The van der Waals surface area contributed by atoms with E-state index in [1.165, 1.54) is 0 Å². The molecule has 0 bridgehead atoms. The third-order valence-electron chi connectivity index (χ3n) is 1.93. The predicted octanol–water partition coefficient (Wildman–Crippen LogP) is 2.30. The molecule has 2 N–H and O–H groups in total. The molecule has 0 fully saturated rings. The Hall–Kier alpha value is -0.490. The predicted molar refractivity (Wildman–Crippen MR) is 69.1 cm³/mol. The second kappa shape index (κ2) is 5.91. The molecule has 1 aromatic rings. The SMILES string of the molecule is CC(COc1ccc(Cl)cc1Cl)CS(N)(=O)=O. The van der Waals surface area contributed by atoms with Crippen LogP contribution in [0, 0.1) is 5.92 Å². The highest BCUT2D eigenvalue weighted by Gasteiger charge is 2.12. The Labute approximate surface area is 111 Å². The van der Waals surface area contributed by atoms with Gasteiger partial charge in [0.1, 0.15) is 5.75 Å². The van der Waals surface area contributed by atoms with Crippen molar-refractivity contribution in [3.8, 4) is 5.75 Å². The fourth-order valence-corrected chi connectivity index (χ4v) is 2.62. The van der Waals surface area contributed by atoms with E-state index in [9.17, 15) is 8.42 Å². The molecule has 7 heteroatoms. The first-order chi connectivity index (χ1) is 7.78. The first-order valence-corrected chi connectivity index (χ1v) is 7.33. The van der Waals surface area contributed by atoms with Gasteiger partial charge in [-0.05, 0) is 18.2 Å². The summed E-state index contributed by atoms with van der Waals surface area (Å²) in [6, 6.07) is 4.84. The molecule has 0 heterocycles. The minimum Gasteiger partial charge on any atom is -0.492 e. The van der Waals surface area contributed by atoms with Crippen molar-refractivity contribution >= 4 is 33.2 Å². The molecule has 96 valence electrons. The summed E-state index contributed by atoms with van der Waals surface area (Å²) in [5.74, 6) is 0.132. The molecule has 1 aromatic carbocycles. The van der Waals surface area contributed by atoms with Gasteiger partial charge < -0.3 is 4.74 Å². The third kappa shape index (κ3) is 5.59. The number of primary sulfonamides is 1. The van der Waals surface area contributed by atoms with E-state index in [2.05, 4.69) is 0 Å². The van der Waals surface area contributed by atoms with E-state index in [0.29, 0.717) is 15.8 Å². The fourth-order valence-electron chi connectivity index (χ4n) is 1.27. The summed E-state index contributed by atoms with van der Waals surface area (Å²) in [7, 11) is -3.48. The van der Waals surface area contributed by atoms with Gasteiger partial charge in [0.05, 0.1) is 17.4 Å². The number of hydrogen-bond acceptors (Lipinski definition) is 3. The van der Waals surface area contributed by atoms with Crippen LogP contribution in [0.2, 0.25) is 10.0 Å². The first kappa shape index (κ1) is 14.6. The zero-order valence-corrected chi connectivity index (χ0v) is 11.5. The number of ether oxygens (including phenoxy) is 1. The van der Waals surface area contributed by atoms with Gasteiger partial charge in [-0.15, -0.1) is 0 Å². The van der Waals surface area contributed by atoms with Crippen molar-refractivity contribution in [1.29, 1.82) is 0 Å². The Bertz CT molecular complexity index is 490. The van der Waals surface area contributed by atoms with Crippen molar-refractivity contribution in [2.45, 2.75) is 6.92 Å². The molecule has 0 aromatic heterocycles. The Balaban J connectivity index is 2.56. The van der Waals surface area contributed by atoms with E-state index in [1.54, 1.807) is 25.1 Å².